The predicted molar refractivity (Wildman–Crippen MR) is 111 cm³/mol. The van der Waals surface area contributed by atoms with E-state index in [0.29, 0.717) is 12.1 Å². The highest BCUT2D eigenvalue weighted by molar-refractivity contribution is 6.31. The lowest BCUT2D eigenvalue weighted by Crippen LogP contribution is -2.42. The van der Waals surface area contributed by atoms with Crippen molar-refractivity contribution in [1.82, 2.24) is 30.8 Å². The molecule has 2 saturated heterocycles. The van der Waals surface area contributed by atoms with E-state index in [2.05, 4.69) is 43.9 Å². The van der Waals surface area contributed by atoms with Gasteiger partial charge in [-0.05, 0) is 56.0 Å². The van der Waals surface area contributed by atoms with Gasteiger partial charge >= 0.3 is 0 Å². The molecular formula is C21H29ClN6. The van der Waals surface area contributed by atoms with E-state index in [1.165, 1.54) is 29.8 Å². The summed E-state index contributed by atoms with van der Waals surface area (Å²) in [5.74, 6) is 0.718. The van der Waals surface area contributed by atoms with Crippen LogP contribution in [0.25, 0.3) is 0 Å². The van der Waals surface area contributed by atoms with Gasteiger partial charge in [0.05, 0.1) is 17.9 Å². The van der Waals surface area contributed by atoms with E-state index in [1.54, 1.807) is 0 Å². The van der Waals surface area contributed by atoms with Crippen LogP contribution < -0.4 is 16.2 Å². The number of hydrogen-bond acceptors (Lipinski definition) is 5. The zero-order valence-electron chi connectivity index (χ0n) is 16.2. The maximum absolute atomic E-state index is 6.39. The van der Waals surface area contributed by atoms with Crippen molar-refractivity contribution in [2.75, 3.05) is 19.6 Å². The van der Waals surface area contributed by atoms with Gasteiger partial charge in [0.1, 0.15) is 0 Å². The fourth-order valence-corrected chi connectivity index (χ4v) is 5.19. The summed E-state index contributed by atoms with van der Waals surface area (Å²) in [6.45, 7) is 6.24. The maximum atomic E-state index is 6.39. The summed E-state index contributed by atoms with van der Waals surface area (Å²) in [6.07, 6.45) is 3.59. The van der Waals surface area contributed by atoms with Gasteiger partial charge in [0.15, 0.2) is 0 Å². The van der Waals surface area contributed by atoms with Crippen LogP contribution in [-0.2, 0) is 19.6 Å². The third-order valence-electron chi connectivity index (χ3n) is 6.52. The molecule has 2 fully saturated rings. The van der Waals surface area contributed by atoms with Gasteiger partial charge in [0.25, 0.3) is 0 Å². The first-order valence-corrected chi connectivity index (χ1v) is 10.9. The van der Waals surface area contributed by atoms with Gasteiger partial charge in [0.2, 0.25) is 0 Å². The molecule has 0 bridgehead atoms. The van der Waals surface area contributed by atoms with E-state index in [0.717, 1.165) is 56.6 Å². The molecule has 0 spiro atoms. The Kier molecular flexibility index (Phi) is 5.39. The highest BCUT2D eigenvalue weighted by Crippen LogP contribution is 2.33. The Balaban J connectivity index is 1.13. The number of aromatic nitrogens is 2. The SMILES string of the molecule is Clc1ccccc1C1CC(C2CCN(Cc3cc4n(n3)CCNC4)CC2)NN1. The Morgan fingerprint density at radius 2 is 1.96 bits per heavy atom. The number of rotatable bonds is 4. The van der Waals surface area contributed by atoms with Gasteiger partial charge in [-0.2, -0.15) is 5.10 Å². The molecule has 2 atom stereocenters. The second-order valence-corrected chi connectivity index (χ2v) is 8.75. The molecule has 3 N–H and O–H groups in total. The van der Waals surface area contributed by atoms with Crippen molar-refractivity contribution in [2.45, 2.75) is 51.0 Å². The van der Waals surface area contributed by atoms with Crippen molar-refractivity contribution in [1.29, 1.82) is 0 Å². The van der Waals surface area contributed by atoms with Crippen molar-refractivity contribution < 1.29 is 0 Å². The van der Waals surface area contributed by atoms with E-state index in [1.807, 2.05) is 12.1 Å². The lowest BCUT2D eigenvalue weighted by atomic mass is 9.86. The average molecular weight is 401 g/mol. The van der Waals surface area contributed by atoms with Gasteiger partial charge in [0, 0.05) is 36.7 Å². The van der Waals surface area contributed by atoms with Crippen LogP contribution in [0.4, 0.5) is 0 Å². The molecule has 2 unspecified atom stereocenters. The van der Waals surface area contributed by atoms with Crippen LogP contribution >= 0.6 is 11.6 Å². The van der Waals surface area contributed by atoms with Crippen LogP contribution in [0.5, 0.6) is 0 Å². The predicted octanol–water partition coefficient (Wildman–Crippen LogP) is 2.46. The second kappa shape index (κ2) is 8.13. The Hall–Kier alpha value is -1.44. The van der Waals surface area contributed by atoms with Crippen LogP contribution in [0, 0.1) is 5.92 Å². The fraction of sp³-hybridized carbons (Fsp3) is 0.571. The van der Waals surface area contributed by atoms with Gasteiger partial charge < -0.3 is 5.32 Å². The van der Waals surface area contributed by atoms with E-state index < -0.39 is 0 Å². The first-order chi connectivity index (χ1) is 13.8. The standard InChI is InChI=1S/C21H29ClN6/c22-19-4-2-1-3-18(19)21-12-20(24-25-21)15-5-8-27(9-6-15)14-16-11-17-13-23-7-10-28(17)26-16/h1-4,11,15,20-21,23-25H,5-10,12-14H2. The smallest absolute Gasteiger partial charge is 0.0768 e. The molecule has 4 heterocycles. The molecule has 0 radical (unpaired) electrons. The lowest BCUT2D eigenvalue weighted by molar-refractivity contribution is 0.154. The van der Waals surface area contributed by atoms with Crippen molar-refractivity contribution in [3.05, 3.63) is 52.3 Å². The highest BCUT2D eigenvalue weighted by Gasteiger charge is 2.33. The number of hydrogen-bond donors (Lipinski definition) is 3. The second-order valence-electron chi connectivity index (χ2n) is 8.35. The quantitative estimate of drug-likeness (QED) is 0.736. The number of likely N-dealkylation sites (tertiary alicyclic amines) is 1. The minimum atomic E-state index is 0.308. The molecule has 0 aliphatic carbocycles. The molecule has 0 amide bonds. The van der Waals surface area contributed by atoms with Crippen molar-refractivity contribution in [3.8, 4) is 0 Å². The number of nitrogens with one attached hydrogen (secondary N) is 3. The number of hydrazine groups is 1. The minimum Gasteiger partial charge on any atom is -0.309 e. The highest BCUT2D eigenvalue weighted by atomic mass is 35.5. The van der Waals surface area contributed by atoms with E-state index in [9.17, 15) is 0 Å². The van der Waals surface area contributed by atoms with Crippen LogP contribution in [0.2, 0.25) is 5.02 Å². The maximum Gasteiger partial charge on any atom is 0.0768 e. The van der Waals surface area contributed by atoms with Crippen LogP contribution in [0.15, 0.2) is 30.3 Å². The molecule has 1 aromatic heterocycles. The van der Waals surface area contributed by atoms with Gasteiger partial charge in [-0.3, -0.25) is 15.0 Å². The summed E-state index contributed by atoms with van der Waals surface area (Å²) in [6, 6.07) is 11.3. The number of piperidine rings is 1. The molecule has 150 valence electrons. The summed E-state index contributed by atoms with van der Waals surface area (Å²) < 4.78 is 2.17. The molecule has 1 aromatic carbocycles. The molecular weight excluding hydrogens is 372 g/mol. The summed E-state index contributed by atoms with van der Waals surface area (Å²) in [4.78, 5) is 2.56. The van der Waals surface area contributed by atoms with Gasteiger partial charge in [-0.25, -0.2) is 5.43 Å². The van der Waals surface area contributed by atoms with Gasteiger partial charge in [-0.15, -0.1) is 0 Å². The Bertz CT molecular complexity index is 789. The molecule has 5 rings (SSSR count). The first-order valence-electron chi connectivity index (χ1n) is 10.5. The normalized spacial score (nSPS) is 26.5. The van der Waals surface area contributed by atoms with Gasteiger partial charge in [-0.1, -0.05) is 29.8 Å². The average Bonchev–Trinajstić information content (AvgIpc) is 3.36. The first kappa shape index (κ1) is 18.6. The Labute approximate surface area is 171 Å². The summed E-state index contributed by atoms with van der Waals surface area (Å²) in [5, 5.41) is 9.07. The number of benzene rings is 1. The molecule has 7 heteroatoms. The zero-order chi connectivity index (χ0) is 18.9. The number of halogens is 1. The number of nitrogens with zero attached hydrogens (tertiary/aromatic N) is 3. The Morgan fingerprint density at radius 1 is 1.11 bits per heavy atom. The minimum absolute atomic E-state index is 0.308. The van der Waals surface area contributed by atoms with E-state index in [-0.39, 0.29) is 0 Å². The summed E-state index contributed by atoms with van der Waals surface area (Å²) in [7, 11) is 0. The molecule has 0 saturated carbocycles. The molecule has 2 aromatic rings. The Morgan fingerprint density at radius 3 is 2.79 bits per heavy atom. The summed E-state index contributed by atoms with van der Waals surface area (Å²) >= 11 is 6.39. The molecule has 6 nitrogen and oxygen atoms in total. The molecule has 3 aliphatic rings. The number of fused-ring (bicyclic) bond motifs is 1. The topological polar surface area (TPSA) is 57.2 Å². The van der Waals surface area contributed by atoms with E-state index in [4.69, 9.17) is 16.7 Å². The largest absolute Gasteiger partial charge is 0.309 e. The molecule has 3 aliphatic heterocycles. The van der Waals surface area contributed by atoms with Crippen molar-refractivity contribution in [3.63, 3.8) is 0 Å². The third kappa shape index (κ3) is 3.84. The zero-order valence-corrected chi connectivity index (χ0v) is 17.0. The van der Waals surface area contributed by atoms with Crippen LogP contribution in [0.3, 0.4) is 0 Å². The van der Waals surface area contributed by atoms with Crippen LogP contribution in [0.1, 0.15) is 42.3 Å². The third-order valence-corrected chi connectivity index (χ3v) is 6.86. The summed E-state index contributed by atoms with van der Waals surface area (Å²) in [5.41, 5.74) is 10.8. The van der Waals surface area contributed by atoms with Crippen molar-refractivity contribution in [2.24, 2.45) is 5.92 Å². The lowest BCUT2D eigenvalue weighted by Gasteiger charge is -2.34. The fourth-order valence-electron chi connectivity index (χ4n) is 4.92. The van der Waals surface area contributed by atoms with Crippen LogP contribution in [-0.4, -0.2) is 40.4 Å². The molecule has 28 heavy (non-hydrogen) atoms. The monoisotopic (exact) mass is 400 g/mol. The van der Waals surface area contributed by atoms with Crippen molar-refractivity contribution >= 4 is 11.6 Å². The van der Waals surface area contributed by atoms with E-state index >= 15 is 0 Å².